The monoisotopic (exact) mass is 396 g/mol. The topological polar surface area (TPSA) is 52.6 Å². The molecule has 0 amide bonds. The van der Waals surface area contributed by atoms with E-state index >= 15 is 0 Å². The second-order valence-corrected chi connectivity index (χ2v) is 9.02. The molecule has 1 aliphatic carbocycles. The van der Waals surface area contributed by atoms with Gasteiger partial charge in [-0.3, -0.25) is 9.59 Å². The Kier molecular flexibility index (Phi) is 13.3. The molecule has 4 nitrogen and oxygen atoms in total. The van der Waals surface area contributed by atoms with E-state index in [-0.39, 0.29) is 23.8 Å². The van der Waals surface area contributed by atoms with Crippen LogP contribution < -0.4 is 0 Å². The van der Waals surface area contributed by atoms with Crippen molar-refractivity contribution in [2.24, 2.45) is 23.7 Å². The van der Waals surface area contributed by atoms with Crippen LogP contribution in [0, 0.1) is 23.7 Å². The third-order valence-electron chi connectivity index (χ3n) is 6.02. The molecule has 3 unspecified atom stereocenters. The summed E-state index contributed by atoms with van der Waals surface area (Å²) in [6.45, 7) is 9.85. The molecule has 0 radical (unpaired) electrons. The number of carbonyl (C=O) groups is 2. The van der Waals surface area contributed by atoms with Gasteiger partial charge >= 0.3 is 11.9 Å². The van der Waals surface area contributed by atoms with E-state index in [9.17, 15) is 9.59 Å². The summed E-state index contributed by atoms with van der Waals surface area (Å²) in [5.41, 5.74) is 0. The minimum atomic E-state index is -0.138. The highest BCUT2D eigenvalue weighted by Crippen LogP contribution is 2.31. The van der Waals surface area contributed by atoms with E-state index in [0.717, 1.165) is 50.9 Å². The van der Waals surface area contributed by atoms with Crippen molar-refractivity contribution in [3.8, 4) is 0 Å². The zero-order chi connectivity index (χ0) is 20.8. The van der Waals surface area contributed by atoms with Crippen molar-refractivity contribution in [2.75, 3.05) is 13.2 Å². The first-order chi connectivity index (χ1) is 13.5. The van der Waals surface area contributed by atoms with E-state index in [1.54, 1.807) is 0 Å². The minimum Gasteiger partial charge on any atom is -0.465 e. The van der Waals surface area contributed by atoms with E-state index < -0.39 is 0 Å². The van der Waals surface area contributed by atoms with Gasteiger partial charge in [0.05, 0.1) is 25.0 Å². The number of hydrogen-bond donors (Lipinski definition) is 0. The van der Waals surface area contributed by atoms with Gasteiger partial charge in [0, 0.05) is 0 Å². The standard InChI is InChI=1S/C24H44O4/c1-5-7-13-20(6-2)18-28-24(26)22-15-11-14-21(17-22)23(25)27-16-10-8-9-12-19(3)4/h19-22H,5-18H2,1-4H3. The van der Waals surface area contributed by atoms with Gasteiger partial charge in [-0.1, -0.05) is 72.6 Å². The first-order valence-electron chi connectivity index (χ1n) is 11.8. The number of hydrogen-bond acceptors (Lipinski definition) is 4. The molecular weight excluding hydrogens is 352 g/mol. The zero-order valence-electron chi connectivity index (χ0n) is 18.8. The SMILES string of the molecule is CCCCC(CC)COC(=O)C1CCCC(C(=O)OCCCCCC(C)C)C1. The summed E-state index contributed by atoms with van der Waals surface area (Å²) in [6, 6.07) is 0. The fourth-order valence-electron chi connectivity index (χ4n) is 3.96. The third kappa shape index (κ3) is 10.5. The largest absolute Gasteiger partial charge is 0.465 e. The molecule has 0 heterocycles. The Bertz CT molecular complexity index is 432. The number of esters is 2. The quantitative estimate of drug-likeness (QED) is 0.255. The maximum atomic E-state index is 12.5. The van der Waals surface area contributed by atoms with Gasteiger partial charge in [0.15, 0.2) is 0 Å². The van der Waals surface area contributed by atoms with Gasteiger partial charge in [0.1, 0.15) is 0 Å². The first-order valence-corrected chi connectivity index (χ1v) is 11.8. The Morgan fingerprint density at radius 2 is 1.57 bits per heavy atom. The van der Waals surface area contributed by atoms with Crippen molar-refractivity contribution < 1.29 is 19.1 Å². The van der Waals surface area contributed by atoms with E-state index in [1.165, 1.54) is 25.7 Å². The Balaban J connectivity index is 2.28. The molecule has 0 aromatic carbocycles. The molecule has 0 bridgehead atoms. The average Bonchev–Trinajstić information content (AvgIpc) is 2.70. The number of unbranched alkanes of at least 4 members (excludes halogenated alkanes) is 3. The van der Waals surface area contributed by atoms with Gasteiger partial charge in [-0.15, -0.1) is 0 Å². The van der Waals surface area contributed by atoms with Gasteiger partial charge in [0.25, 0.3) is 0 Å². The number of carbonyl (C=O) groups excluding carboxylic acids is 2. The summed E-state index contributed by atoms with van der Waals surface area (Å²) < 4.78 is 11.1. The molecule has 1 aliphatic rings. The molecule has 0 aromatic rings. The molecule has 0 N–H and O–H groups in total. The van der Waals surface area contributed by atoms with Gasteiger partial charge in [-0.25, -0.2) is 0 Å². The molecule has 0 saturated heterocycles. The van der Waals surface area contributed by atoms with Gasteiger partial charge in [-0.05, 0) is 43.9 Å². The molecule has 0 spiro atoms. The van der Waals surface area contributed by atoms with Crippen LogP contribution in [0.5, 0.6) is 0 Å². The van der Waals surface area contributed by atoms with Crippen molar-refractivity contribution in [3.63, 3.8) is 0 Å². The Labute approximate surface area is 173 Å². The molecule has 1 fully saturated rings. The molecule has 4 heteroatoms. The van der Waals surface area contributed by atoms with Crippen molar-refractivity contribution >= 4 is 11.9 Å². The lowest BCUT2D eigenvalue weighted by Gasteiger charge is -2.27. The van der Waals surface area contributed by atoms with E-state index in [2.05, 4.69) is 27.7 Å². The summed E-state index contributed by atoms with van der Waals surface area (Å²) in [5.74, 6) is 0.701. The van der Waals surface area contributed by atoms with Crippen LogP contribution >= 0.6 is 0 Å². The summed E-state index contributed by atoms with van der Waals surface area (Å²) in [5, 5.41) is 0. The minimum absolute atomic E-state index is 0.110. The highest BCUT2D eigenvalue weighted by Gasteiger charge is 2.33. The second-order valence-electron chi connectivity index (χ2n) is 9.02. The summed E-state index contributed by atoms with van der Waals surface area (Å²) in [6.07, 6.45) is 12.2. The van der Waals surface area contributed by atoms with E-state index in [0.29, 0.717) is 25.6 Å². The third-order valence-corrected chi connectivity index (χ3v) is 6.02. The number of rotatable bonds is 14. The maximum Gasteiger partial charge on any atom is 0.308 e. The van der Waals surface area contributed by atoms with Crippen LogP contribution in [0.1, 0.15) is 105 Å². The normalized spacial score (nSPS) is 20.8. The lowest BCUT2D eigenvalue weighted by molar-refractivity contribution is -0.156. The predicted octanol–water partition coefficient (Wildman–Crippen LogP) is 6.31. The highest BCUT2D eigenvalue weighted by atomic mass is 16.5. The summed E-state index contributed by atoms with van der Waals surface area (Å²) in [7, 11) is 0. The predicted molar refractivity (Wildman–Crippen MR) is 114 cm³/mol. The second kappa shape index (κ2) is 14.9. The zero-order valence-corrected chi connectivity index (χ0v) is 18.8. The molecule has 3 atom stereocenters. The Hall–Kier alpha value is -1.06. The van der Waals surface area contributed by atoms with Crippen LogP contribution in [0.4, 0.5) is 0 Å². The Morgan fingerprint density at radius 3 is 2.18 bits per heavy atom. The fraction of sp³-hybridized carbons (Fsp3) is 0.917. The molecule has 164 valence electrons. The van der Waals surface area contributed by atoms with Gasteiger partial charge in [-0.2, -0.15) is 0 Å². The van der Waals surface area contributed by atoms with Crippen molar-refractivity contribution in [3.05, 3.63) is 0 Å². The summed E-state index contributed by atoms with van der Waals surface area (Å²) in [4.78, 5) is 24.8. The van der Waals surface area contributed by atoms with Crippen LogP contribution in [0.2, 0.25) is 0 Å². The molecule has 1 saturated carbocycles. The lowest BCUT2D eigenvalue weighted by atomic mass is 9.81. The Morgan fingerprint density at radius 1 is 0.893 bits per heavy atom. The van der Waals surface area contributed by atoms with Crippen molar-refractivity contribution in [1.82, 2.24) is 0 Å². The van der Waals surface area contributed by atoms with Crippen LogP contribution in [-0.2, 0) is 19.1 Å². The van der Waals surface area contributed by atoms with Gasteiger partial charge in [0.2, 0.25) is 0 Å². The first kappa shape index (κ1) is 25.0. The van der Waals surface area contributed by atoms with Crippen molar-refractivity contribution in [1.29, 1.82) is 0 Å². The number of ether oxygens (including phenoxy) is 2. The molecule has 0 aliphatic heterocycles. The lowest BCUT2D eigenvalue weighted by Crippen LogP contribution is -2.30. The van der Waals surface area contributed by atoms with E-state index in [1.807, 2.05) is 0 Å². The van der Waals surface area contributed by atoms with E-state index in [4.69, 9.17) is 9.47 Å². The molecule has 28 heavy (non-hydrogen) atoms. The smallest absolute Gasteiger partial charge is 0.308 e. The molecular formula is C24H44O4. The average molecular weight is 397 g/mol. The molecule has 0 aromatic heterocycles. The summed E-state index contributed by atoms with van der Waals surface area (Å²) >= 11 is 0. The van der Waals surface area contributed by atoms with Gasteiger partial charge < -0.3 is 9.47 Å². The van der Waals surface area contributed by atoms with Crippen LogP contribution in [0.25, 0.3) is 0 Å². The van der Waals surface area contributed by atoms with Crippen LogP contribution in [-0.4, -0.2) is 25.2 Å². The molecule has 1 rings (SSSR count). The maximum absolute atomic E-state index is 12.5. The van der Waals surface area contributed by atoms with Crippen molar-refractivity contribution in [2.45, 2.75) is 105 Å². The van der Waals surface area contributed by atoms with Crippen LogP contribution in [0.3, 0.4) is 0 Å². The fourth-order valence-corrected chi connectivity index (χ4v) is 3.96. The highest BCUT2D eigenvalue weighted by molar-refractivity contribution is 5.76. The van der Waals surface area contributed by atoms with Crippen LogP contribution in [0.15, 0.2) is 0 Å².